The number of imide groups is 1. The Hall–Kier alpha value is -4.31. The zero-order valence-electron chi connectivity index (χ0n) is 19.1. The number of hydrogen-bond acceptors (Lipinski definition) is 4. The number of aromatic nitrogens is 1. The standard InChI is InChI=1S/C27H18F3N3O3S/c28-18-7-5-16(6-8-18)13-32-14-17(20-3-1-2-4-23(20)32)11-24-26(35)33(27(36)37-24)15-25(34)31-22-10-9-19(29)12-21(22)30/h1-12,14H,13,15H2,(H,31,34)/b24-11-. The summed E-state index contributed by atoms with van der Waals surface area (Å²) in [6.45, 7) is -0.151. The second-order valence-electron chi connectivity index (χ2n) is 8.30. The lowest BCUT2D eigenvalue weighted by molar-refractivity contribution is -0.127. The number of anilines is 1. The third kappa shape index (κ3) is 5.14. The van der Waals surface area contributed by atoms with E-state index in [1.807, 2.05) is 35.0 Å². The number of para-hydroxylation sites is 1. The molecule has 6 nitrogen and oxygen atoms in total. The van der Waals surface area contributed by atoms with E-state index in [9.17, 15) is 27.6 Å². The van der Waals surface area contributed by atoms with Crippen molar-refractivity contribution in [1.82, 2.24) is 9.47 Å². The third-order valence-corrected chi connectivity index (χ3v) is 6.66. The van der Waals surface area contributed by atoms with Crippen molar-refractivity contribution in [3.05, 3.63) is 106 Å². The topological polar surface area (TPSA) is 71.4 Å². The van der Waals surface area contributed by atoms with Crippen molar-refractivity contribution in [3.8, 4) is 0 Å². The Labute approximate surface area is 213 Å². The normalized spacial score (nSPS) is 14.7. The highest BCUT2D eigenvalue weighted by Crippen LogP contribution is 2.34. The number of thioether (sulfide) groups is 1. The molecule has 3 aromatic carbocycles. The van der Waals surface area contributed by atoms with Crippen molar-refractivity contribution < 1.29 is 27.6 Å². The van der Waals surface area contributed by atoms with Crippen LogP contribution in [0.2, 0.25) is 0 Å². The number of halogens is 3. The Balaban J connectivity index is 1.36. The minimum Gasteiger partial charge on any atom is -0.342 e. The van der Waals surface area contributed by atoms with Gasteiger partial charge in [-0.2, -0.15) is 0 Å². The van der Waals surface area contributed by atoms with Crippen LogP contribution < -0.4 is 5.32 Å². The van der Waals surface area contributed by atoms with Gasteiger partial charge in [0.15, 0.2) is 0 Å². The van der Waals surface area contributed by atoms with E-state index in [1.165, 1.54) is 12.1 Å². The fourth-order valence-corrected chi connectivity index (χ4v) is 4.84. The van der Waals surface area contributed by atoms with Crippen molar-refractivity contribution >= 4 is 51.5 Å². The third-order valence-electron chi connectivity index (χ3n) is 5.75. The van der Waals surface area contributed by atoms with Gasteiger partial charge in [0, 0.05) is 35.3 Å². The molecule has 37 heavy (non-hydrogen) atoms. The molecule has 1 fully saturated rings. The molecule has 1 aliphatic rings. The second kappa shape index (κ2) is 9.98. The largest absolute Gasteiger partial charge is 0.342 e. The Bertz CT molecular complexity index is 1580. The van der Waals surface area contributed by atoms with Crippen LogP contribution >= 0.6 is 11.8 Å². The second-order valence-corrected chi connectivity index (χ2v) is 9.29. The van der Waals surface area contributed by atoms with Gasteiger partial charge in [-0.15, -0.1) is 0 Å². The zero-order chi connectivity index (χ0) is 26.1. The minimum atomic E-state index is -0.973. The van der Waals surface area contributed by atoms with Crippen molar-refractivity contribution in [2.75, 3.05) is 11.9 Å². The van der Waals surface area contributed by atoms with E-state index in [0.717, 1.165) is 33.5 Å². The first-order chi connectivity index (χ1) is 17.8. The number of fused-ring (bicyclic) bond motifs is 1. The Morgan fingerprint density at radius 3 is 2.43 bits per heavy atom. The summed E-state index contributed by atoms with van der Waals surface area (Å²) < 4.78 is 42.2. The van der Waals surface area contributed by atoms with Crippen LogP contribution in [0, 0.1) is 17.5 Å². The molecule has 3 amide bonds. The molecule has 0 spiro atoms. The van der Waals surface area contributed by atoms with E-state index >= 15 is 0 Å². The summed E-state index contributed by atoms with van der Waals surface area (Å²) in [5.74, 6) is -3.55. The molecule has 0 bridgehead atoms. The van der Waals surface area contributed by atoms with Gasteiger partial charge < -0.3 is 9.88 Å². The first-order valence-electron chi connectivity index (χ1n) is 11.1. The summed E-state index contributed by atoms with van der Waals surface area (Å²) in [6.07, 6.45) is 3.43. The fourth-order valence-electron chi connectivity index (χ4n) is 4.01. The van der Waals surface area contributed by atoms with Crippen LogP contribution in [0.25, 0.3) is 17.0 Å². The lowest BCUT2D eigenvalue weighted by Crippen LogP contribution is -2.36. The Morgan fingerprint density at radius 1 is 0.946 bits per heavy atom. The van der Waals surface area contributed by atoms with Crippen LogP contribution in [-0.4, -0.2) is 33.1 Å². The lowest BCUT2D eigenvalue weighted by atomic mass is 10.1. The number of nitrogens with zero attached hydrogens (tertiary/aromatic N) is 2. The molecule has 0 saturated carbocycles. The van der Waals surface area contributed by atoms with E-state index in [4.69, 9.17) is 0 Å². The summed E-state index contributed by atoms with van der Waals surface area (Å²) in [4.78, 5) is 38.7. The van der Waals surface area contributed by atoms with E-state index in [0.29, 0.717) is 29.9 Å². The van der Waals surface area contributed by atoms with Crippen LogP contribution in [-0.2, 0) is 16.1 Å². The highest BCUT2D eigenvalue weighted by molar-refractivity contribution is 8.18. The maximum Gasteiger partial charge on any atom is 0.294 e. The molecule has 1 aliphatic heterocycles. The smallest absolute Gasteiger partial charge is 0.294 e. The van der Waals surface area contributed by atoms with Crippen LogP contribution in [0.15, 0.2) is 77.8 Å². The quantitative estimate of drug-likeness (QED) is 0.327. The van der Waals surface area contributed by atoms with Gasteiger partial charge in [-0.3, -0.25) is 19.3 Å². The maximum atomic E-state index is 13.8. The van der Waals surface area contributed by atoms with Gasteiger partial charge in [-0.25, -0.2) is 13.2 Å². The van der Waals surface area contributed by atoms with Crippen LogP contribution in [0.4, 0.5) is 23.7 Å². The summed E-state index contributed by atoms with van der Waals surface area (Å²) >= 11 is 0.697. The molecular formula is C27H18F3N3O3S. The van der Waals surface area contributed by atoms with Gasteiger partial charge in [0.1, 0.15) is 24.0 Å². The van der Waals surface area contributed by atoms with E-state index in [2.05, 4.69) is 5.32 Å². The Kier molecular flexibility index (Phi) is 6.58. The number of nitrogens with one attached hydrogen (secondary N) is 1. The minimum absolute atomic E-state index is 0.135. The number of amides is 3. The van der Waals surface area contributed by atoms with Gasteiger partial charge in [0.2, 0.25) is 5.91 Å². The predicted octanol–water partition coefficient (Wildman–Crippen LogP) is 5.78. The zero-order valence-corrected chi connectivity index (χ0v) is 19.9. The molecule has 4 aromatic rings. The predicted molar refractivity (Wildman–Crippen MR) is 135 cm³/mol. The molecule has 0 aliphatic carbocycles. The molecule has 186 valence electrons. The van der Waals surface area contributed by atoms with Crippen LogP contribution in [0.3, 0.4) is 0 Å². The van der Waals surface area contributed by atoms with E-state index < -0.39 is 35.2 Å². The molecule has 1 saturated heterocycles. The molecule has 5 rings (SSSR count). The van der Waals surface area contributed by atoms with Gasteiger partial charge in [-0.05, 0) is 53.7 Å². The van der Waals surface area contributed by atoms with Crippen molar-refractivity contribution in [2.45, 2.75) is 6.54 Å². The van der Waals surface area contributed by atoms with Gasteiger partial charge in [0.25, 0.3) is 11.1 Å². The number of carbonyl (C=O) groups excluding carboxylic acids is 3. The van der Waals surface area contributed by atoms with Gasteiger partial charge >= 0.3 is 0 Å². The average molecular weight is 522 g/mol. The molecule has 2 heterocycles. The maximum absolute atomic E-state index is 13.8. The van der Waals surface area contributed by atoms with Crippen molar-refractivity contribution in [3.63, 3.8) is 0 Å². The molecule has 0 radical (unpaired) electrons. The molecule has 1 aromatic heterocycles. The molecule has 10 heteroatoms. The van der Waals surface area contributed by atoms with Crippen molar-refractivity contribution in [1.29, 1.82) is 0 Å². The average Bonchev–Trinajstić information content (AvgIpc) is 3.34. The van der Waals surface area contributed by atoms with Gasteiger partial charge in [-0.1, -0.05) is 30.3 Å². The van der Waals surface area contributed by atoms with Crippen LogP contribution in [0.1, 0.15) is 11.1 Å². The first-order valence-corrected chi connectivity index (χ1v) is 11.9. The Morgan fingerprint density at radius 2 is 1.68 bits per heavy atom. The first kappa shape index (κ1) is 24.4. The SMILES string of the molecule is O=C(CN1C(=O)S/C(=C\c2cn(Cc3ccc(F)cc3)c3ccccc23)C1=O)Nc1ccc(F)cc1F. The fraction of sp³-hybridized carbons (Fsp3) is 0.0741. The van der Waals surface area contributed by atoms with Crippen molar-refractivity contribution in [2.24, 2.45) is 0 Å². The summed E-state index contributed by atoms with van der Waals surface area (Å²) in [5.41, 5.74) is 2.21. The summed E-state index contributed by atoms with van der Waals surface area (Å²) in [5, 5.41) is 2.45. The van der Waals surface area contributed by atoms with Gasteiger partial charge in [0.05, 0.1) is 10.6 Å². The van der Waals surface area contributed by atoms with E-state index in [1.54, 1.807) is 18.2 Å². The molecule has 0 atom stereocenters. The molecule has 1 N–H and O–H groups in total. The number of rotatable bonds is 6. The highest BCUT2D eigenvalue weighted by atomic mass is 32.2. The number of benzene rings is 3. The monoisotopic (exact) mass is 521 g/mol. The molecular weight excluding hydrogens is 503 g/mol. The number of hydrogen-bond donors (Lipinski definition) is 1. The van der Waals surface area contributed by atoms with E-state index in [-0.39, 0.29) is 16.4 Å². The summed E-state index contributed by atoms with van der Waals surface area (Å²) in [7, 11) is 0. The lowest BCUT2D eigenvalue weighted by Gasteiger charge is -2.12. The summed E-state index contributed by atoms with van der Waals surface area (Å²) in [6, 6.07) is 16.3. The van der Waals surface area contributed by atoms with Crippen LogP contribution in [0.5, 0.6) is 0 Å². The molecule has 0 unspecified atom stereocenters. The highest BCUT2D eigenvalue weighted by Gasteiger charge is 2.36. The number of carbonyl (C=O) groups is 3.